The third-order valence-corrected chi connectivity index (χ3v) is 4.38. The molecular formula is C13H22N2O3. The summed E-state index contributed by atoms with van der Waals surface area (Å²) in [6, 6.07) is 0.0417. The second-order valence-corrected chi connectivity index (χ2v) is 5.81. The largest absolute Gasteiger partial charge is 0.396 e. The van der Waals surface area contributed by atoms with E-state index >= 15 is 0 Å². The van der Waals surface area contributed by atoms with Gasteiger partial charge in [-0.25, -0.2) is 0 Å². The molecule has 2 aliphatic rings. The number of hydrogen-bond acceptors (Lipinski definition) is 3. The van der Waals surface area contributed by atoms with E-state index in [4.69, 9.17) is 0 Å². The normalized spacial score (nSPS) is 36.2. The number of amides is 2. The topological polar surface area (TPSA) is 78.4 Å². The van der Waals surface area contributed by atoms with E-state index in [1.807, 2.05) is 6.92 Å². The van der Waals surface area contributed by atoms with Gasteiger partial charge in [0.25, 0.3) is 0 Å². The molecule has 2 amide bonds. The predicted octanol–water partition coefficient (Wildman–Crippen LogP) is 0.180. The molecule has 0 spiro atoms. The Morgan fingerprint density at radius 1 is 1.56 bits per heavy atom. The maximum atomic E-state index is 12.1. The molecule has 0 aromatic heterocycles. The monoisotopic (exact) mass is 254 g/mol. The Bertz CT molecular complexity index is 345. The molecule has 3 N–H and O–H groups in total. The van der Waals surface area contributed by atoms with Gasteiger partial charge < -0.3 is 15.7 Å². The van der Waals surface area contributed by atoms with Crippen molar-refractivity contribution in [3.63, 3.8) is 0 Å². The first kappa shape index (κ1) is 13.3. The molecule has 0 radical (unpaired) electrons. The second kappa shape index (κ2) is 5.26. The van der Waals surface area contributed by atoms with Crippen molar-refractivity contribution in [1.82, 2.24) is 10.6 Å². The van der Waals surface area contributed by atoms with Gasteiger partial charge in [-0.3, -0.25) is 9.59 Å². The molecule has 2 fully saturated rings. The van der Waals surface area contributed by atoms with Crippen LogP contribution in [0.2, 0.25) is 0 Å². The lowest BCUT2D eigenvalue weighted by Crippen LogP contribution is -2.49. The van der Waals surface area contributed by atoms with Crippen LogP contribution in [0.3, 0.4) is 0 Å². The minimum atomic E-state index is -0.206. The standard InChI is InChI=1S/C13H22N2O3/c1-13(8-16)5-2-3-10(13)15-12(18)9-4-6-14-11(17)7-9/h9-10,16H,2-8H2,1H3,(H,14,17)(H,15,18). The Hall–Kier alpha value is -1.10. The van der Waals surface area contributed by atoms with Crippen molar-refractivity contribution in [1.29, 1.82) is 0 Å². The number of carbonyl (C=O) groups excluding carboxylic acids is 2. The quantitative estimate of drug-likeness (QED) is 0.672. The summed E-state index contributed by atoms with van der Waals surface area (Å²) in [5.41, 5.74) is -0.202. The fraction of sp³-hybridized carbons (Fsp3) is 0.846. The van der Waals surface area contributed by atoms with Crippen LogP contribution in [0.15, 0.2) is 0 Å². The molecule has 3 atom stereocenters. The van der Waals surface area contributed by atoms with Crippen LogP contribution in [0.5, 0.6) is 0 Å². The van der Waals surface area contributed by atoms with Crippen molar-refractivity contribution in [3.05, 3.63) is 0 Å². The van der Waals surface area contributed by atoms with Crippen LogP contribution in [-0.4, -0.2) is 36.1 Å². The van der Waals surface area contributed by atoms with E-state index in [-0.39, 0.29) is 42.2 Å². The lowest BCUT2D eigenvalue weighted by molar-refractivity contribution is -0.133. The van der Waals surface area contributed by atoms with Gasteiger partial charge in [-0.1, -0.05) is 13.3 Å². The number of carbonyl (C=O) groups is 2. The maximum absolute atomic E-state index is 12.1. The third kappa shape index (κ3) is 2.66. The van der Waals surface area contributed by atoms with Crippen molar-refractivity contribution < 1.29 is 14.7 Å². The highest BCUT2D eigenvalue weighted by Gasteiger charge is 2.40. The van der Waals surface area contributed by atoms with E-state index in [1.165, 1.54) is 0 Å². The van der Waals surface area contributed by atoms with Crippen LogP contribution < -0.4 is 10.6 Å². The molecule has 0 aromatic carbocycles. The second-order valence-electron chi connectivity index (χ2n) is 5.81. The zero-order chi connectivity index (χ0) is 13.2. The number of hydrogen-bond donors (Lipinski definition) is 3. The highest BCUT2D eigenvalue weighted by molar-refractivity contribution is 5.87. The first-order valence-electron chi connectivity index (χ1n) is 6.73. The van der Waals surface area contributed by atoms with Crippen LogP contribution in [-0.2, 0) is 9.59 Å². The molecule has 0 bridgehead atoms. The van der Waals surface area contributed by atoms with Gasteiger partial charge in [0.1, 0.15) is 0 Å². The Morgan fingerprint density at radius 3 is 3.00 bits per heavy atom. The van der Waals surface area contributed by atoms with Crippen molar-refractivity contribution in [2.24, 2.45) is 11.3 Å². The zero-order valence-corrected chi connectivity index (χ0v) is 10.9. The van der Waals surface area contributed by atoms with Gasteiger partial charge in [0, 0.05) is 30.3 Å². The summed E-state index contributed by atoms with van der Waals surface area (Å²) < 4.78 is 0. The summed E-state index contributed by atoms with van der Waals surface area (Å²) in [6.45, 7) is 2.69. The molecule has 2 rings (SSSR count). The van der Waals surface area contributed by atoms with Gasteiger partial charge in [-0.2, -0.15) is 0 Å². The number of aliphatic hydroxyl groups is 1. The van der Waals surface area contributed by atoms with Gasteiger partial charge in [0.2, 0.25) is 11.8 Å². The summed E-state index contributed by atoms with van der Waals surface area (Å²) in [5.74, 6) is -0.281. The van der Waals surface area contributed by atoms with Gasteiger partial charge in [-0.05, 0) is 19.3 Å². The average molecular weight is 254 g/mol. The molecule has 5 nitrogen and oxygen atoms in total. The molecule has 1 aliphatic heterocycles. The van der Waals surface area contributed by atoms with E-state index in [9.17, 15) is 14.7 Å². The van der Waals surface area contributed by atoms with Crippen LogP contribution in [0, 0.1) is 11.3 Å². The van der Waals surface area contributed by atoms with E-state index < -0.39 is 0 Å². The molecule has 18 heavy (non-hydrogen) atoms. The lowest BCUT2D eigenvalue weighted by Gasteiger charge is -2.32. The molecule has 1 saturated heterocycles. The molecule has 0 aromatic rings. The van der Waals surface area contributed by atoms with Crippen LogP contribution in [0.4, 0.5) is 0 Å². The highest BCUT2D eigenvalue weighted by Crippen LogP contribution is 2.37. The van der Waals surface area contributed by atoms with Crippen LogP contribution >= 0.6 is 0 Å². The van der Waals surface area contributed by atoms with E-state index in [0.717, 1.165) is 19.3 Å². The summed E-state index contributed by atoms with van der Waals surface area (Å²) in [5, 5.41) is 15.2. The zero-order valence-electron chi connectivity index (χ0n) is 10.9. The van der Waals surface area contributed by atoms with Gasteiger partial charge in [-0.15, -0.1) is 0 Å². The highest BCUT2D eigenvalue weighted by atomic mass is 16.3. The predicted molar refractivity (Wildman–Crippen MR) is 66.7 cm³/mol. The van der Waals surface area contributed by atoms with Gasteiger partial charge in [0.05, 0.1) is 6.61 Å². The molecule has 5 heteroatoms. The minimum Gasteiger partial charge on any atom is -0.396 e. The Labute approximate surface area is 107 Å². The summed E-state index contributed by atoms with van der Waals surface area (Å²) in [6.07, 6.45) is 3.89. The summed E-state index contributed by atoms with van der Waals surface area (Å²) in [4.78, 5) is 23.4. The summed E-state index contributed by atoms with van der Waals surface area (Å²) >= 11 is 0. The van der Waals surface area contributed by atoms with E-state index in [2.05, 4.69) is 10.6 Å². The number of rotatable bonds is 3. The summed E-state index contributed by atoms with van der Waals surface area (Å²) in [7, 11) is 0. The smallest absolute Gasteiger partial charge is 0.223 e. The molecule has 1 saturated carbocycles. The first-order chi connectivity index (χ1) is 8.55. The number of piperidine rings is 1. The first-order valence-corrected chi connectivity index (χ1v) is 6.73. The van der Waals surface area contributed by atoms with Crippen molar-refractivity contribution in [2.45, 2.75) is 45.1 Å². The fourth-order valence-corrected chi connectivity index (χ4v) is 2.97. The van der Waals surface area contributed by atoms with Gasteiger partial charge in [0.15, 0.2) is 0 Å². The van der Waals surface area contributed by atoms with Crippen molar-refractivity contribution in [2.75, 3.05) is 13.2 Å². The average Bonchev–Trinajstić information content (AvgIpc) is 2.72. The Balaban J connectivity index is 1.92. The molecular weight excluding hydrogens is 232 g/mol. The molecule has 1 heterocycles. The molecule has 1 aliphatic carbocycles. The number of nitrogens with one attached hydrogen (secondary N) is 2. The van der Waals surface area contributed by atoms with Crippen molar-refractivity contribution in [3.8, 4) is 0 Å². The SMILES string of the molecule is CC1(CO)CCCC1NC(=O)C1CCNC(=O)C1. The van der Waals surface area contributed by atoms with Crippen LogP contribution in [0.25, 0.3) is 0 Å². The molecule has 102 valence electrons. The van der Waals surface area contributed by atoms with Gasteiger partial charge >= 0.3 is 0 Å². The lowest BCUT2D eigenvalue weighted by atomic mass is 9.85. The molecule has 3 unspecified atom stereocenters. The fourth-order valence-electron chi connectivity index (χ4n) is 2.97. The maximum Gasteiger partial charge on any atom is 0.223 e. The Kier molecular flexibility index (Phi) is 3.90. The minimum absolute atomic E-state index is 0.0311. The Morgan fingerprint density at radius 2 is 2.33 bits per heavy atom. The van der Waals surface area contributed by atoms with E-state index in [0.29, 0.717) is 13.0 Å². The van der Waals surface area contributed by atoms with Crippen molar-refractivity contribution >= 4 is 11.8 Å². The van der Waals surface area contributed by atoms with Crippen LogP contribution in [0.1, 0.15) is 39.0 Å². The third-order valence-electron chi connectivity index (χ3n) is 4.38. The van der Waals surface area contributed by atoms with E-state index in [1.54, 1.807) is 0 Å². The number of aliphatic hydroxyl groups excluding tert-OH is 1.